The zero-order valence-corrected chi connectivity index (χ0v) is 7.91. The van der Waals surface area contributed by atoms with Crippen molar-refractivity contribution in [1.29, 1.82) is 0 Å². The summed E-state index contributed by atoms with van der Waals surface area (Å²) in [6, 6.07) is 0.112. The van der Waals surface area contributed by atoms with Crippen LogP contribution in [-0.2, 0) is 0 Å². The lowest BCUT2D eigenvalue weighted by atomic mass is 10.2. The number of rotatable bonds is 2. The summed E-state index contributed by atoms with van der Waals surface area (Å²) in [6.45, 7) is 0.961. The summed E-state index contributed by atoms with van der Waals surface area (Å²) in [6.07, 6.45) is 2.08. The van der Waals surface area contributed by atoms with Crippen molar-refractivity contribution >= 4 is 5.91 Å². The fourth-order valence-corrected chi connectivity index (χ4v) is 1.48. The molecular formula is C8H12N4O2. The van der Waals surface area contributed by atoms with Gasteiger partial charge in [-0.3, -0.25) is 4.79 Å². The molecule has 1 aromatic heterocycles. The molecule has 1 aliphatic rings. The van der Waals surface area contributed by atoms with Crippen LogP contribution >= 0.6 is 0 Å². The number of aromatic nitrogens is 2. The fraction of sp³-hybridized carbons (Fsp3) is 0.625. The maximum absolute atomic E-state index is 11.1. The zero-order valence-electron chi connectivity index (χ0n) is 7.91. The summed E-state index contributed by atoms with van der Waals surface area (Å²) in [5.41, 5.74) is 0. The van der Waals surface area contributed by atoms with Gasteiger partial charge in [-0.05, 0) is 19.4 Å². The molecule has 0 aliphatic carbocycles. The van der Waals surface area contributed by atoms with Gasteiger partial charge in [-0.25, -0.2) is 0 Å². The summed E-state index contributed by atoms with van der Waals surface area (Å²) < 4.78 is 4.99. The number of hydrogen-bond acceptors (Lipinski definition) is 5. The largest absolute Gasteiger partial charge is 0.352 e. The summed E-state index contributed by atoms with van der Waals surface area (Å²) in [7, 11) is 1.53. The lowest BCUT2D eigenvalue weighted by molar-refractivity contribution is 0.0950. The number of carbonyl (C=O) groups is 1. The predicted molar refractivity (Wildman–Crippen MR) is 47.7 cm³/mol. The monoisotopic (exact) mass is 196 g/mol. The van der Waals surface area contributed by atoms with Gasteiger partial charge < -0.3 is 15.2 Å². The topological polar surface area (TPSA) is 80.0 Å². The quantitative estimate of drug-likeness (QED) is 0.687. The molecule has 1 saturated heterocycles. The van der Waals surface area contributed by atoms with Crippen molar-refractivity contribution in [2.24, 2.45) is 0 Å². The highest BCUT2D eigenvalue weighted by Gasteiger charge is 2.23. The first kappa shape index (κ1) is 9.14. The van der Waals surface area contributed by atoms with E-state index in [1.807, 2.05) is 0 Å². The van der Waals surface area contributed by atoms with Crippen molar-refractivity contribution in [3.05, 3.63) is 11.7 Å². The molecule has 1 fully saturated rings. The Bertz CT molecular complexity index is 330. The molecule has 2 heterocycles. The molecule has 1 aromatic rings. The van der Waals surface area contributed by atoms with Gasteiger partial charge in [-0.15, -0.1) is 0 Å². The molecule has 0 spiro atoms. The number of hydrogen-bond donors (Lipinski definition) is 2. The van der Waals surface area contributed by atoms with Crippen LogP contribution in [0.1, 0.15) is 35.4 Å². The van der Waals surface area contributed by atoms with Gasteiger partial charge in [0.2, 0.25) is 5.89 Å². The highest BCUT2D eigenvalue weighted by atomic mass is 16.5. The van der Waals surface area contributed by atoms with Crippen molar-refractivity contribution in [2.75, 3.05) is 13.6 Å². The van der Waals surface area contributed by atoms with Crippen molar-refractivity contribution in [3.8, 4) is 0 Å². The SMILES string of the molecule is CNC(=O)c1noc([C@H]2CCCN2)n1. The molecule has 2 N–H and O–H groups in total. The molecule has 1 amide bonds. The third-order valence-corrected chi connectivity index (χ3v) is 2.23. The Kier molecular flexibility index (Phi) is 2.45. The Labute approximate surface area is 81.1 Å². The molecule has 14 heavy (non-hydrogen) atoms. The van der Waals surface area contributed by atoms with E-state index >= 15 is 0 Å². The highest BCUT2D eigenvalue weighted by Crippen LogP contribution is 2.20. The summed E-state index contributed by atoms with van der Waals surface area (Å²) in [5.74, 6) is 0.273. The Morgan fingerprint density at radius 3 is 3.21 bits per heavy atom. The van der Waals surface area contributed by atoms with Gasteiger partial charge in [-0.1, -0.05) is 5.16 Å². The average Bonchev–Trinajstić information content (AvgIpc) is 2.86. The number of carbonyl (C=O) groups excluding carboxylic acids is 1. The first-order valence-electron chi connectivity index (χ1n) is 4.60. The van der Waals surface area contributed by atoms with Gasteiger partial charge >= 0.3 is 0 Å². The smallest absolute Gasteiger partial charge is 0.292 e. The maximum Gasteiger partial charge on any atom is 0.292 e. The maximum atomic E-state index is 11.1. The molecule has 2 rings (SSSR count). The Morgan fingerprint density at radius 1 is 1.71 bits per heavy atom. The lowest BCUT2D eigenvalue weighted by Gasteiger charge is -2.01. The molecular weight excluding hydrogens is 184 g/mol. The van der Waals surface area contributed by atoms with Crippen molar-refractivity contribution in [3.63, 3.8) is 0 Å². The zero-order chi connectivity index (χ0) is 9.97. The van der Waals surface area contributed by atoms with E-state index in [2.05, 4.69) is 20.8 Å². The molecule has 0 radical (unpaired) electrons. The van der Waals surface area contributed by atoms with Crippen LogP contribution in [-0.4, -0.2) is 29.6 Å². The minimum atomic E-state index is -0.321. The van der Waals surface area contributed by atoms with E-state index in [1.165, 1.54) is 7.05 Å². The molecule has 0 aromatic carbocycles. The minimum absolute atomic E-state index is 0.0937. The Hall–Kier alpha value is -1.43. The molecule has 1 atom stereocenters. The first-order chi connectivity index (χ1) is 6.81. The van der Waals surface area contributed by atoms with Crippen molar-refractivity contribution in [2.45, 2.75) is 18.9 Å². The summed E-state index contributed by atoms with van der Waals surface area (Å²) in [5, 5.41) is 9.25. The van der Waals surface area contributed by atoms with Crippen molar-refractivity contribution < 1.29 is 9.32 Å². The molecule has 6 nitrogen and oxygen atoms in total. The number of amides is 1. The van der Waals surface area contributed by atoms with Crippen LogP contribution in [0.2, 0.25) is 0 Å². The second kappa shape index (κ2) is 3.75. The third kappa shape index (κ3) is 1.60. The molecule has 0 bridgehead atoms. The van der Waals surface area contributed by atoms with Crippen LogP contribution in [0.5, 0.6) is 0 Å². The molecule has 76 valence electrons. The molecule has 1 aliphatic heterocycles. The molecule has 0 saturated carbocycles. The van der Waals surface area contributed by atoms with Gasteiger partial charge in [0.05, 0.1) is 6.04 Å². The van der Waals surface area contributed by atoms with E-state index in [4.69, 9.17) is 4.52 Å². The summed E-state index contributed by atoms with van der Waals surface area (Å²) >= 11 is 0. The van der Waals surface area contributed by atoms with Gasteiger partial charge in [0.1, 0.15) is 0 Å². The van der Waals surface area contributed by atoms with Gasteiger partial charge in [-0.2, -0.15) is 4.98 Å². The predicted octanol–water partition coefficient (Wildman–Crippen LogP) is -0.146. The standard InChI is InChI=1S/C8H12N4O2/c1-9-7(13)6-11-8(14-12-6)5-3-2-4-10-5/h5,10H,2-4H2,1H3,(H,9,13)/t5-/m1/s1. The normalized spacial score (nSPS) is 21.1. The Morgan fingerprint density at radius 2 is 2.57 bits per heavy atom. The number of nitrogens with zero attached hydrogens (tertiary/aromatic N) is 2. The van der Waals surface area contributed by atoms with E-state index in [-0.39, 0.29) is 17.8 Å². The van der Waals surface area contributed by atoms with Crippen molar-refractivity contribution in [1.82, 2.24) is 20.8 Å². The van der Waals surface area contributed by atoms with E-state index in [0.717, 1.165) is 19.4 Å². The molecule has 0 unspecified atom stereocenters. The van der Waals surface area contributed by atoms with Crippen LogP contribution < -0.4 is 10.6 Å². The lowest BCUT2D eigenvalue weighted by Crippen LogP contribution is -2.19. The third-order valence-electron chi connectivity index (χ3n) is 2.23. The van der Waals surface area contributed by atoms with Crippen LogP contribution in [0.3, 0.4) is 0 Å². The van der Waals surface area contributed by atoms with Crippen LogP contribution in [0.25, 0.3) is 0 Å². The fourth-order valence-electron chi connectivity index (χ4n) is 1.48. The van der Waals surface area contributed by atoms with Gasteiger partial charge in [0.15, 0.2) is 0 Å². The van der Waals surface area contributed by atoms with Crippen LogP contribution in [0.4, 0.5) is 0 Å². The first-order valence-corrected chi connectivity index (χ1v) is 4.60. The van der Waals surface area contributed by atoms with Crippen LogP contribution in [0, 0.1) is 0 Å². The van der Waals surface area contributed by atoms with E-state index in [0.29, 0.717) is 5.89 Å². The second-order valence-corrected chi connectivity index (χ2v) is 3.18. The molecule has 6 heteroatoms. The van der Waals surface area contributed by atoms with E-state index < -0.39 is 0 Å². The second-order valence-electron chi connectivity index (χ2n) is 3.18. The number of nitrogens with one attached hydrogen (secondary N) is 2. The van der Waals surface area contributed by atoms with Gasteiger partial charge in [0, 0.05) is 7.05 Å². The average molecular weight is 196 g/mol. The summed E-state index contributed by atoms with van der Waals surface area (Å²) in [4.78, 5) is 15.1. The highest BCUT2D eigenvalue weighted by molar-refractivity contribution is 5.89. The Balaban J connectivity index is 2.12. The van der Waals surface area contributed by atoms with E-state index in [1.54, 1.807) is 0 Å². The minimum Gasteiger partial charge on any atom is -0.352 e. The van der Waals surface area contributed by atoms with E-state index in [9.17, 15) is 4.79 Å². The van der Waals surface area contributed by atoms with Crippen LogP contribution in [0.15, 0.2) is 4.52 Å². The van der Waals surface area contributed by atoms with Gasteiger partial charge in [0.25, 0.3) is 11.7 Å².